The van der Waals surface area contributed by atoms with Gasteiger partial charge in [0, 0.05) is 12.4 Å². The molecule has 0 radical (unpaired) electrons. The van der Waals surface area contributed by atoms with E-state index in [2.05, 4.69) is 16.2 Å². The van der Waals surface area contributed by atoms with E-state index in [1.807, 2.05) is 41.2 Å². The number of amides is 1. The predicted octanol–water partition coefficient (Wildman–Crippen LogP) is 4.42. The number of hydrazine groups is 1. The summed E-state index contributed by atoms with van der Waals surface area (Å²) >= 11 is 17.2. The van der Waals surface area contributed by atoms with Gasteiger partial charge < -0.3 is 9.88 Å². The highest BCUT2D eigenvalue weighted by atomic mass is 35.5. The fraction of sp³-hybridized carbons (Fsp3) is 0. The lowest BCUT2D eigenvalue weighted by molar-refractivity contribution is 0.0944. The van der Waals surface area contributed by atoms with E-state index in [4.69, 9.17) is 35.4 Å². The number of thiocarbonyl (C=S) groups is 1. The molecule has 0 aliphatic carbocycles. The molecule has 26 heavy (non-hydrogen) atoms. The molecule has 8 heteroatoms. The van der Waals surface area contributed by atoms with Gasteiger partial charge in [0.2, 0.25) is 0 Å². The van der Waals surface area contributed by atoms with Gasteiger partial charge in [0.15, 0.2) is 5.11 Å². The summed E-state index contributed by atoms with van der Waals surface area (Å²) in [7, 11) is 0. The lowest BCUT2D eigenvalue weighted by Crippen LogP contribution is -2.44. The molecular formula is C18H14Cl2N4OS. The van der Waals surface area contributed by atoms with Crippen LogP contribution in [0, 0.1) is 0 Å². The molecule has 5 nitrogen and oxygen atoms in total. The first-order chi connectivity index (χ1) is 12.6. The zero-order valence-corrected chi connectivity index (χ0v) is 15.7. The van der Waals surface area contributed by atoms with Gasteiger partial charge >= 0.3 is 0 Å². The summed E-state index contributed by atoms with van der Waals surface area (Å²) < 4.78 is 1.86. The van der Waals surface area contributed by atoms with Crippen LogP contribution in [0.5, 0.6) is 0 Å². The van der Waals surface area contributed by atoms with E-state index in [-0.39, 0.29) is 11.0 Å². The van der Waals surface area contributed by atoms with Crippen LogP contribution in [0.2, 0.25) is 10.0 Å². The molecule has 3 N–H and O–H groups in total. The molecule has 0 bridgehead atoms. The topological polar surface area (TPSA) is 58.1 Å². The number of hydrogen-bond donors (Lipinski definition) is 3. The average Bonchev–Trinajstić information content (AvgIpc) is 3.18. The second-order valence-electron chi connectivity index (χ2n) is 5.24. The molecule has 1 heterocycles. The SMILES string of the molecule is O=C(NNC(=S)Nc1cccc(Cl)c1Cl)c1ccccc1-n1cccc1. The molecule has 0 aliphatic heterocycles. The zero-order valence-electron chi connectivity index (χ0n) is 13.4. The van der Waals surface area contributed by atoms with E-state index < -0.39 is 0 Å². The van der Waals surface area contributed by atoms with Crippen molar-refractivity contribution >= 4 is 52.1 Å². The van der Waals surface area contributed by atoms with E-state index in [0.717, 1.165) is 5.69 Å². The maximum Gasteiger partial charge on any atom is 0.271 e. The fourth-order valence-corrected chi connectivity index (χ4v) is 2.83. The third-order valence-electron chi connectivity index (χ3n) is 3.52. The van der Waals surface area contributed by atoms with Crippen LogP contribution in [0.15, 0.2) is 67.0 Å². The van der Waals surface area contributed by atoms with Crippen molar-refractivity contribution in [1.82, 2.24) is 15.4 Å². The predicted molar refractivity (Wildman–Crippen MR) is 109 cm³/mol. The van der Waals surface area contributed by atoms with Crippen LogP contribution in [-0.4, -0.2) is 15.6 Å². The monoisotopic (exact) mass is 404 g/mol. The largest absolute Gasteiger partial charge is 0.330 e. The Hall–Kier alpha value is -2.54. The van der Waals surface area contributed by atoms with Gasteiger partial charge in [0.25, 0.3) is 5.91 Å². The average molecular weight is 405 g/mol. The second-order valence-corrected chi connectivity index (χ2v) is 6.44. The summed E-state index contributed by atoms with van der Waals surface area (Å²) in [5, 5.41) is 3.82. The Labute approximate surface area is 165 Å². The van der Waals surface area contributed by atoms with Gasteiger partial charge in [-0.3, -0.25) is 15.6 Å². The first kappa shape index (κ1) is 18.3. The molecule has 0 aliphatic rings. The molecule has 0 unspecified atom stereocenters. The van der Waals surface area contributed by atoms with Crippen molar-refractivity contribution in [3.63, 3.8) is 0 Å². The number of rotatable bonds is 3. The Kier molecular flexibility index (Phi) is 5.78. The van der Waals surface area contributed by atoms with Gasteiger partial charge in [-0.05, 0) is 48.6 Å². The Bertz CT molecular complexity index is 944. The molecule has 3 aromatic rings. The number of hydrogen-bond acceptors (Lipinski definition) is 2. The number of anilines is 1. The molecule has 0 fully saturated rings. The Morgan fingerprint density at radius 3 is 2.42 bits per heavy atom. The molecule has 3 rings (SSSR count). The number of nitrogens with one attached hydrogen (secondary N) is 3. The van der Waals surface area contributed by atoms with E-state index in [0.29, 0.717) is 21.3 Å². The Morgan fingerprint density at radius 1 is 0.923 bits per heavy atom. The van der Waals surface area contributed by atoms with Gasteiger partial charge in [0.05, 0.1) is 27.0 Å². The lowest BCUT2D eigenvalue weighted by Gasteiger charge is -2.14. The van der Waals surface area contributed by atoms with Gasteiger partial charge in [-0.25, -0.2) is 0 Å². The number of aromatic nitrogens is 1. The van der Waals surface area contributed by atoms with E-state index in [1.54, 1.807) is 30.3 Å². The summed E-state index contributed by atoms with van der Waals surface area (Å²) in [6, 6.07) is 16.2. The fourth-order valence-electron chi connectivity index (χ4n) is 2.32. The maximum absolute atomic E-state index is 12.5. The zero-order chi connectivity index (χ0) is 18.5. The van der Waals surface area contributed by atoms with Crippen LogP contribution in [0.25, 0.3) is 5.69 Å². The quantitative estimate of drug-likeness (QED) is 0.446. The summed E-state index contributed by atoms with van der Waals surface area (Å²) in [5.41, 5.74) is 7.03. The number of nitrogens with zero attached hydrogens (tertiary/aromatic N) is 1. The molecular weight excluding hydrogens is 391 g/mol. The highest BCUT2D eigenvalue weighted by Crippen LogP contribution is 2.29. The number of carbonyl (C=O) groups excluding carboxylic acids is 1. The standard InChI is InChI=1S/C18H14Cl2N4OS/c19-13-7-5-8-14(16(13)20)21-18(26)23-22-17(25)12-6-1-2-9-15(12)24-10-3-4-11-24/h1-11H,(H,22,25)(H2,21,23,26). The molecule has 2 aromatic carbocycles. The minimum absolute atomic E-state index is 0.181. The number of para-hydroxylation sites is 1. The van der Waals surface area contributed by atoms with Gasteiger partial charge in [-0.15, -0.1) is 0 Å². The van der Waals surface area contributed by atoms with E-state index in [1.165, 1.54) is 0 Å². The molecule has 0 atom stereocenters. The van der Waals surface area contributed by atoms with Gasteiger partial charge in [0.1, 0.15) is 0 Å². The highest BCUT2D eigenvalue weighted by molar-refractivity contribution is 7.80. The Morgan fingerprint density at radius 2 is 1.65 bits per heavy atom. The molecule has 0 spiro atoms. The van der Waals surface area contributed by atoms with Crippen LogP contribution < -0.4 is 16.2 Å². The maximum atomic E-state index is 12.5. The first-order valence-corrected chi connectivity index (χ1v) is 8.76. The lowest BCUT2D eigenvalue weighted by atomic mass is 10.1. The van der Waals surface area contributed by atoms with Crippen molar-refractivity contribution in [2.75, 3.05) is 5.32 Å². The first-order valence-electron chi connectivity index (χ1n) is 7.60. The van der Waals surface area contributed by atoms with Crippen LogP contribution in [-0.2, 0) is 0 Å². The summed E-state index contributed by atoms with van der Waals surface area (Å²) in [4.78, 5) is 12.5. The summed E-state index contributed by atoms with van der Waals surface area (Å²) in [6.07, 6.45) is 3.74. The van der Waals surface area contributed by atoms with Crippen molar-refractivity contribution < 1.29 is 4.79 Å². The van der Waals surface area contributed by atoms with E-state index in [9.17, 15) is 4.79 Å². The molecule has 0 saturated carbocycles. The highest BCUT2D eigenvalue weighted by Gasteiger charge is 2.12. The van der Waals surface area contributed by atoms with Crippen molar-refractivity contribution in [2.45, 2.75) is 0 Å². The van der Waals surface area contributed by atoms with Crippen LogP contribution >= 0.6 is 35.4 Å². The minimum Gasteiger partial charge on any atom is -0.330 e. The number of carbonyl (C=O) groups is 1. The summed E-state index contributed by atoms with van der Waals surface area (Å²) in [5.74, 6) is -0.323. The van der Waals surface area contributed by atoms with Crippen LogP contribution in [0.4, 0.5) is 5.69 Å². The number of benzene rings is 2. The molecule has 0 saturated heterocycles. The minimum atomic E-state index is -0.323. The van der Waals surface area contributed by atoms with Crippen LogP contribution in [0.3, 0.4) is 0 Å². The van der Waals surface area contributed by atoms with Crippen molar-refractivity contribution in [2.24, 2.45) is 0 Å². The molecule has 1 amide bonds. The second kappa shape index (κ2) is 8.23. The van der Waals surface area contributed by atoms with Crippen molar-refractivity contribution in [3.05, 3.63) is 82.6 Å². The van der Waals surface area contributed by atoms with Gasteiger partial charge in [-0.2, -0.15) is 0 Å². The smallest absolute Gasteiger partial charge is 0.271 e. The third kappa shape index (κ3) is 4.16. The van der Waals surface area contributed by atoms with Crippen LogP contribution in [0.1, 0.15) is 10.4 Å². The summed E-state index contributed by atoms with van der Waals surface area (Å²) in [6.45, 7) is 0. The third-order valence-corrected chi connectivity index (χ3v) is 4.54. The molecule has 1 aromatic heterocycles. The van der Waals surface area contributed by atoms with Crippen molar-refractivity contribution in [3.8, 4) is 5.69 Å². The normalized spacial score (nSPS) is 10.2. The van der Waals surface area contributed by atoms with Gasteiger partial charge in [-0.1, -0.05) is 41.4 Å². The molecule has 132 valence electrons. The number of halogens is 2. The Balaban J connectivity index is 1.66. The van der Waals surface area contributed by atoms with Crippen molar-refractivity contribution in [1.29, 1.82) is 0 Å². The van der Waals surface area contributed by atoms with E-state index >= 15 is 0 Å².